The third kappa shape index (κ3) is 3.36. The van der Waals surface area contributed by atoms with Gasteiger partial charge in [-0.05, 0) is 74.3 Å². The van der Waals surface area contributed by atoms with E-state index in [2.05, 4.69) is 22.5 Å². The molecular formula is C24H30N4O2. The molecule has 1 aromatic carbocycles. The summed E-state index contributed by atoms with van der Waals surface area (Å²) in [6.07, 6.45) is 8.31. The molecule has 2 amide bonds. The minimum Gasteiger partial charge on any atom is -0.345 e. The average molecular weight is 407 g/mol. The summed E-state index contributed by atoms with van der Waals surface area (Å²) in [5.41, 5.74) is 2.62. The lowest BCUT2D eigenvalue weighted by atomic mass is 9.53. The Morgan fingerprint density at radius 1 is 1.03 bits per heavy atom. The molecule has 4 aliphatic rings. The molecule has 2 aromatic rings. The van der Waals surface area contributed by atoms with Crippen LogP contribution in [0, 0.1) is 17.8 Å². The Morgan fingerprint density at radius 2 is 1.70 bits per heavy atom. The molecule has 1 heterocycles. The average Bonchev–Trinajstić information content (AvgIpc) is 2.71. The zero-order valence-electron chi connectivity index (χ0n) is 17.8. The van der Waals surface area contributed by atoms with Crippen molar-refractivity contribution in [1.29, 1.82) is 0 Å². The van der Waals surface area contributed by atoms with Crippen LogP contribution in [0.4, 0.5) is 5.82 Å². The summed E-state index contributed by atoms with van der Waals surface area (Å²) < 4.78 is 0. The second-order valence-electron chi connectivity index (χ2n) is 9.61. The van der Waals surface area contributed by atoms with Crippen LogP contribution >= 0.6 is 0 Å². The molecule has 1 aromatic heterocycles. The van der Waals surface area contributed by atoms with Gasteiger partial charge in [0.05, 0.1) is 11.0 Å². The number of carbonyl (C=O) groups is 2. The molecule has 30 heavy (non-hydrogen) atoms. The van der Waals surface area contributed by atoms with E-state index < -0.39 is 0 Å². The van der Waals surface area contributed by atoms with Crippen molar-refractivity contribution in [3.63, 3.8) is 0 Å². The van der Waals surface area contributed by atoms with Gasteiger partial charge >= 0.3 is 0 Å². The molecule has 0 aliphatic heterocycles. The fourth-order valence-corrected chi connectivity index (χ4v) is 6.45. The lowest BCUT2D eigenvalue weighted by Gasteiger charge is -2.56. The number of aryl methyl sites for hydroxylation is 1. The molecule has 4 fully saturated rings. The largest absolute Gasteiger partial charge is 0.345 e. The lowest BCUT2D eigenvalue weighted by Crippen LogP contribution is -2.60. The molecule has 6 heteroatoms. The molecule has 6 rings (SSSR count). The van der Waals surface area contributed by atoms with Crippen LogP contribution in [0.1, 0.15) is 74.8 Å². The van der Waals surface area contributed by atoms with E-state index in [1.165, 1.54) is 19.3 Å². The number of fused-ring (bicyclic) bond motifs is 1. The molecule has 0 radical (unpaired) electrons. The first-order valence-electron chi connectivity index (χ1n) is 11.4. The van der Waals surface area contributed by atoms with Crippen LogP contribution in [0.15, 0.2) is 18.2 Å². The van der Waals surface area contributed by atoms with Crippen LogP contribution in [0.5, 0.6) is 0 Å². The van der Waals surface area contributed by atoms with Crippen molar-refractivity contribution < 1.29 is 9.59 Å². The maximum atomic E-state index is 13.5. The van der Waals surface area contributed by atoms with Crippen LogP contribution in [-0.4, -0.2) is 27.3 Å². The first-order valence-corrected chi connectivity index (χ1v) is 11.4. The number of nitrogens with one attached hydrogen (secondary N) is 2. The van der Waals surface area contributed by atoms with Crippen molar-refractivity contribution >= 4 is 28.7 Å². The number of para-hydroxylation sites is 1. The molecule has 0 unspecified atom stereocenters. The van der Waals surface area contributed by atoms with Crippen molar-refractivity contribution in [2.75, 3.05) is 5.32 Å². The second kappa shape index (κ2) is 7.33. The van der Waals surface area contributed by atoms with Crippen LogP contribution in [0.3, 0.4) is 0 Å². The number of benzene rings is 1. The quantitative estimate of drug-likeness (QED) is 0.778. The van der Waals surface area contributed by atoms with Gasteiger partial charge in [-0.3, -0.25) is 9.59 Å². The molecule has 2 N–H and O–H groups in total. The maximum Gasteiger partial charge on any atom is 0.274 e. The van der Waals surface area contributed by atoms with Gasteiger partial charge in [-0.25, -0.2) is 9.97 Å². The highest BCUT2D eigenvalue weighted by Gasteiger charge is 2.51. The van der Waals surface area contributed by atoms with E-state index in [-0.39, 0.29) is 28.9 Å². The predicted molar refractivity (Wildman–Crippen MR) is 116 cm³/mol. The summed E-state index contributed by atoms with van der Waals surface area (Å²) in [6.45, 7) is 3.85. The van der Waals surface area contributed by atoms with E-state index in [0.717, 1.165) is 54.5 Å². The van der Waals surface area contributed by atoms with E-state index in [1.54, 1.807) is 6.92 Å². The first kappa shape index (κ1) is 19.5. The maximum absolute atomic E-state index is 13.5. The summed E-state index contributed by atoms with van der Waals surface area (Å²) in [7, 11) is 0. The molecular weight excluding hydrogens is 376 g/mol. The number of rotatable bonds is 5. The molecule has 158 valence electrons. The molecule has 4 aliphatic carbocycles. The molecule has 4 saturated carbocycles. The van der Waals surface area contributed by atoms with E-state index in [9.17, 15) is 9.59 Å². The van der Waals surface area contributed by atoms with Gasteiger partial charge in [-0.2, -0.15) is 0 Å². The van der Waals surface area contributed by atoms with E-state index in [1.807, 2.05) is 18.2 Å². The summed E-state index contributed by atoms with van der Waals surface area (Å²) >= 11 is 0. The Hall–Kier alpha value is -2.50. The third-order valence-corrected chi connectivity index (χ3v) is 7.37. The Morgan fingerprint density at radius 3 is 2.30 bits per heavy atom. The molecule has 6 nitrogen and oxygen atoms in total. The highest BCUT2D eigenvalue weighted by Crippen LogP contribution is 2.55. The summed E-state index contributed by atoms with van der Waals surface area (Å²) in [4.78, 5) is 35.0. The van der Waals surface area contributed by atoms with Gasteiger partial charge in [0.1, 0.15) is 0 Å². The monoisotopic (exact) mass is 406 g/mol. The van der Waals surface area contributed by atoms with Gasteiger partial charge in [0.25, 0.3) is 5.91 Å². The second-order valence-corrected chi connectivity index (χ2v) is 9.61. The molecule has 0 saturated heterocycles. The highest BCUT2D eigenvalue weighted by atomic mass is 16.2. The zero-order chi connectivity index (χ0) is 20.9. The van der Waals surface area contributed by atoms with Gasteiger partial charge in [-0.1, -0.05) is 26.0 Å². The van der Waals surface area contributed by atoms with Gasteiger partial charge in [0, 0.05) is 12.0 Å². The number of anilines is 1. The number of aromatic nitrogens is 2. The van der Waals surface area contributed by atoms with Gasteiger partial charge in [0.2, 0.25) is 5.91 Å². The Labute approximate surface area is 177 Å². The Bertz CT molecular complexity index is 980. The fourth-order valence-electron chi connectivity index (χ4n) is 6.45. The lowest BCUT2D eigenvalue weighted by molar-refractivity contribution is -0.115. The van der Waals surface area contributed by atoms with Gasteiger partial charge in [-0.15, -0.1) is 0 Å². The van der Waals surface area contributed by atoms with E-state index in [4.69, 9.17) is 4.98 Å². The highest BCUT2D eigenvalue weighted by molar-refractivity contribution is 6.03. The number of nitrogens with zero attached hydrogens (tertiary/aromatic N) is 2. The smallest absolute Gasteiger partial charge is 0.274 e. The zero-order valence-corrected chi connectivity index (χ0v) is 17.8. The topological polar surface area (TPSA) is 84.0 Å². The van der Waals surface area contributed by atoms with Crippen molar-refractivity contribution in [3.05, 3.63) is 29.5 Å². The summed E-state index contributed by atoms with van der Waals surface area (Å²) in [5.74, 6) is 2.12. The summed E-state index contributed by atoms with van der Waals surface area (Å²) in [5, 5.41) is 6.19. The van der Waals surface area contributed by atoms with Crippen molar-refractivity contribution in [2.45, 2.75) is 70.8 Å². The Kier molecular flexibility index (Phi) is 4.75. The standard InChI is InChI=1S/C24H30N4O2/c1-3-17-6-5-7-18-20(17)27-21(22(25-18)26-19(29)4-2)23(30)28-24-11-14-8-15(12-24)10-16(9-14)13-24/h5-7,14-16H,3-4,8-13H2,1-2H3,(H,28,30)(H,25,26,29). The number of hydrogen-bond acceptors (Lipinski definition) is 4. The first-order chi connectivity index (χ1) is 14.5. The number of amides is 2. The van der Waals surface area contributed by atoms with E-state index >= 15 is 0 Å². The van der Waals surface area contributed by atoms with Crippen LogP contribution in [0.2, 0.25) is 0 Å². The van der Waals surface area contributed by atoms with Crippen molar-refractivity contribution in [3.8, 4) is 0 Å². The van der Waals surface area contributed by atoms with Crippen LogP contribution in [-0.2, 0) is 11.2 Å². The molecule has 4 bridgehead atoms. The van der Waals surface area contributed by atoms with Gasteiger partial charge < -0.3 is 10.6 Å². The Balaban J connectivity index is 1.52. The van der Waals surface area contributed by atoms with Crippen LogP contribution in [0.25, 0.3) is 11.0 Å². The minimum atomic E-state index is -0.205. The normalized spacial score (nSPS) is 29.2. The van der Waals surface area contributed by atoms with E-state index in [0.29, 0.717) is 11.9 Å². The predicted octanol–water partition coefficient (Wildman–Crippen LogP) is 4.24. The van der Waals surface area contributed by atoms with Crippen LogP contribution < -0.4 is 10.6 Å². The van der Waals surface area contributed by atoms with Crippen molar-refractivity contribution in [1.82, 2.24) is 15.3 Å². The fraction of sp³-hybridized carbons (Fsp3) is 0.583. The minimum absolute atomic E-state index is 0.112. The number of carbonyl (C=O) groups excluding carboxylic acids is 2. The number of hydrogen-bond donors (Lipinski definition) is 2. The van der Waals surface area contributed by atoms with Gasteiger partial charge in [0.15, 0.2) is 11.5 Å². The van der Waals surface area contributed by atoms with Crippen molar-refractivity contribution in [2.24, 2.45) is 17.8 Å². The molecule has 0 spiro atoms. The third-order valence-electron chi connectivity index (χ3n) is 7.37. The SMILES string of the molecule is CCC(=O)Nc1nc2cccc(CC)c2nc1C(=O)NC12CC3CC(CC(C3)C1)C2. The molecule has 0 atom stereocenters. The summed E-state index contributed by atoms with van der Waals surface area (Å²) in [6, 6.07) is 5.84.